The Hall–Kier alpha value is -1.09. The third-order valence-electron chi connectivity index (χ3n) is 5.40. The summed E-state index contributed by atoms with van der Waals surface area (Å²) in [5.41, 5.74) is -1.50. The zero-order chi connectivity index (χ0) is 29.1. The third kappa shape index (κ3) is 19.9. The van der Waals surface area contributed by atoms with Gasteiger partial charge in [-0.3, -0.25) is 15.4 Å². The summed E-state index contributed by atoms with van der Waals surface area (Å²) in [5.74, 6) is 1.17. The molecule has 0 aromatic carbocycles. The van der Waals surface area contributed by atoms with Crippen LogP contribution in [0.5, 0.6) is 0 Å². The summed E-state index contributed by atoms with van der Waals surface area (Å²) in [7, 11) is 0. The standard InChI is InChI=1S/C29H56N2O5S2/c1-9-11-12-13-14-15-16-17-18-19-20-21-23-38-29(24(32)37-22-10-2,30-25(33)35-27(3,4)5)31-26(34)36-28(6,7)8/h9-23H2,1-8H3,(H,30,33)(H,31,34). The van der Waals surface area contributed by atoms with Gasteiger partial charge >= 0.3 is 12.2 Å². The Morgan fingerprint density at radius 3 is 1.34 bits per heavy atom. The predicted octanol–water partition coefficient (Wildman–Crippen LogP) is 8.79. The van der Waals surface area contributed by atoms with Crippen LogP contribution in [0.4, 0.5) is 9.59 Å². The Labute approximate surface area is 241 Å². The van der Waals surface area contributed by atoms with E-state index in [4.69, 9.17) is 9.47 Å². The number of rotatable bonds is 19. The largest absolute Gasteiger partial charge is 0.444 e. The molecule has 0 rings (SSSR count). The average molecular weight is 577 g/mol. The van der Waals surface area contributed by atoms with Crippen molar-refractivity contribution >= 4 is 40.8 Å². The van der Waals surface area contributed by atoms with Crippen molar-refractivity contribution in [2.24, 2.45) is 0 Å². The number of thioether (sulfide) groups is 2. The summed E-state index contributed by atoms with van der Waals surface area (Å²) in [6, 6.07) is 0. The van der Waals surface area contributed by atoms with Gasteiger partial charge in [0.25, 0.3) is 0 Å². The first-order valence-electron chi connectivity index (χ1n) is 14.6. The highest BCUT2D eigenvalue weighted by Crippen LogP contribution is 2.29. The second-order valence-electron chi connectivity index (χ2n) is 11.8. The molecule has 0 radical (unpaired) electrons. The van der Waals surface area contributed by atoms with Gasteiger partial charge in [0, 0.05) is 5.75 Å². The molecule has 0 spiro atoms. The normalized spacial score (nSPS) is 12.2. The van der Waals surface area contributed by atoms with E-state index in [1.54, 1.807) is 41.5 Å². The molecule has 0 bridgehead atoms. The van der Waals surface area contributed by atoms with Gasteiger partial charge in [-0.05, 0) is 60.1 Å². The first-order valence-corrected chi connectivity index (χ1v) is 16.5. The molecule has 0 aliphatic carbocycles. The van der Waals surface area contributed by atoms with Crippen molar-refractivity contribution < 1.29 is 23.9 Å². The Bertz CT molecular complexity index is 645. The van der Waals surface area contributed by atoms with Crippen molar-refractivity contribution in [3.8, 4) is 0 Å². The number of nitrogens with one attached hydrogen (secondary N) is 2. The molecule has 0 aromatic heterocycles. The number of unbranched alkanes of at least 4 members (excludes halogenated alkanes) is 11. The van der Waals surface area contributed by atoms with Crippen LogP contribution < -0.4 is 10.6 Å². The third-order valence-corrected chi connectivity index (χ3v) is 8.02. The fraction of sp³-hybridized carbons (Fsp3) is 0.897. The Balaban J connectivity index is 5.05. The van der Waals surface area contributed by atoms with E-state index >= 15 is 0 Å². The minimum absolute atomic E-state index is 0.347. The summed E-state index contributed by atoms with van der Waals surface area (Å²) in [5, 5.41) is 5.00. The second-order valence-corrected chi connectivity index (χ2v) is 14.2. The summed E-state index contributed by atoms with van der Waals surface area (Å²) in [4.78, 5) is 37.2. The maximum Gasteiger partial charge on any atom is 0.410 e. The molecule has 0 unspecified atom stereocenters. The Morgan fingerprint density at radius 2 is 0.974 bits per heavy atom. The van der Waals surface area contributed by atoms with E-state index in [1.807, 2.05) is 6.92 Å². The number of carbonyl (C=O) groups excluding carboxylic acids is 3. The van der Waals surface area contributed by atoms with Crippen molar-refractivity contribution in [3.05, 3.63) is 0 Å². The molecule has 0 saturated carbocycles. The Morgan fingerprint density at radius 1 is 0.579 bits per heavy atom. The van der Waals surface area contributed by atoms with Crippen LogP contribution in [0.3, 0.4) is 0 Å². The van der Waals surface area contributed by atoms with Gasteiger partial charge in [-0.15, -0.1) is 11.8 Å². The minimum Gasteiger partial charge on any atom is -0.444 e. The van der Waals surface area contributed by atoms with Crippen LogP contribution in [0.15, 0.2) is 0 Å². The van der Waals surface area contributed by atoms with Crippen LogP contribution in [0.2, 0.25) is 0 Å². The Kier molecular flexibility index (Phi) is 19.3. The lowest BCUT2D eigenvalue weighted by Crippen LogP contribution is -2.63. The van der Waals surface area contributed by atoms with Gasteiger partial charge < -0.3 is 9.47 Å². The van der Waals surface area contributed by atoms with Crippen LogP contribution in [-0.4, -0.2) is 45.0 Å². The quantitative estimate of drug-likeness (QED) is 0.117. The van der Waals surface area contributed by atoms with E-state index < -0.39 is 28.4 Å². The maximum atomic E-state index is 13.4. The van der Waals surface area contributed by atoms with E-state index in [2.05, 4.69) is 17.6 Å². The van der Waals surface area contributed by atoms with E-state index in [-0.39, 0.29) is 5.12 Å². The van der Waals surface area contributed by atoms with Crippen LogP contribution in [0, 0.1) is 0 Å². The summed E-state index contributed by atoms with van der Waals surface area (Å²) >= 11 is 2.31. The highest BCUT2D eigenvalue weighted by Gasteiger charge is 2.44. The number of alkyl carbamates (subject to hydrolysis) is 2. The molecular formula is C29H56N2O5S2. The first kappa shape index (κ1) is 36.9. The number of carbonyl (C=O) groups is 3. The van der Waals surface area contributed by atoms with Gasteiger partial charge in [0.1, 0.15) is 11.2 Å². The van der Waals surface area contributed by atoms with E-state index in [1.165, 1.54) is 69.5 Å². The zero-order valence-corrected chi connectivity index (χ0v) is 27.1. The molecule has 7 nitrogen and oxygen atoms in total. The number of ether oxygens (including phenoxy) is 2. The van der Waals surface area contributed by atoms with Crippen molar-refractivity contribution in [3.63, 3.8) is 0 Å². The van der Waals surface area contributed by atoms with E-state index in [0.29, 0.717) is 11.5 Å². The van der Waals surface area contributed by atoms with Crippen LogP contribution in [0.25, 0.3) is 0 Å². The van der Waals surface area contributed by atoms with Gasteiger partial charge in [0.2, 0.25) is 10.1 Å². The topological polar surface area (TPSA) is 93.7 Å². The van der Waals surface area contributed by atoms with Gasteiger partial charge in [0.15, 0.2) is 0 Å². The second kappa shape index (κ2) is 19.9. The van der Waals surface area contributed by atoms with Gasteiger partial charge in [-0.2, -0.15) is 0 Å². The van der Waals surface area contributed by atoms with Gasteiger partial charge in [-0.1, -0.05) is 96.2 Å². The number of amides is 2. The predicted molar refractivity (Wildman–Crippen MR) is 163 cm³/mol. The van der Waals surface area contributed by atoms with E-state index in [0.717, 1.165) is 37.4 Å². The molecule has 0 aliphatic rings. The van der Waals surface area contributed by atoms with E-state index in [9.17, 15) is 14.4 Å². The molecule has 2 amide bonds. The molecule has 0 aliphatic heterocycles. The first-order chi connectivity index (χ1) is 17.7. The lowest BCUT2D eigenvalue weighted by atomic mass is 10.1. The van der Waals surface area contributed by atoms with Gasteiger partial charge in [0.05, 0.1) is 0 Å². The molecule has 0 atom stereocenters. The van der Waals surface area contributed by atoms with Crippen molar-refractivity contribution in [1.29, 1.82) is 0 Å². The average Bonchev–Trinajstić information content (AvgIpc) is 2.77. The monoisotopic (exact) mass is 576 g/mol. The van der Waals surface area contributed by atoms with Crippen molar-refractivity contribution in [1.82, 2.24) is 10.6 Å². The SMILES string of the molecule is CCCCCCCCCCCCCCSC(NC(=O)OC(C)(C)C)(NC(=O)OC(C)(C)C)C(=O)SCCC. The molecule has 0 saturated heterocycles. The van der Waals surface area contributed by atoms with Crippen LogP contribution in [0.1, 0.15) is 139 Å². The fourth-order valence-corrected chi connectivity index (χ4v) is 5.76. The molecule has 0 aromatic rings. The minimum atomic E-state index is -1.68. The fourth-order valence-electron chi connectivity index (χ4n) is 3.62. The van der Waals surface area contributed by atoms with Crippen LogP contribution >= 0.6 is 23.5 Å². The highest BCUT2D eigenvalue weighted by atomic mass is 32.2. The lowest BCUT2D eigenvalue weighted by molar-refractivity contribution is -0.114. The van der Waals surface area contributed by atoms with Crippen molar-refractivity contribution in [2.75, 3.05) is 11.5 Å². The van der Waals surface area contributed by atoms with Crippen LogP contribution in [-0.2, 0) is 14.3 Å². The summed E-state index contributed by atoms with van der Waals surface area (Å²) in [6.45, 7) is 14.7. The molecule has 224 valence electrons. The smallest absolute Gasteiger partial charge is 0.410 e. The lowest BCUT2D eigenvalue weighted by Gasteiger charge is -2.34. The number of hydrogen-bond acceptors (Lipinski definition) is 7. The maximum absolute atomic E-state index is 13.4. The molecule has 0 fully saturated rings. The highest BCUT2D eigenvalue weighted by molar-refractivity contribution is 8.16. The zero-order valence-electron chi connectivity index (χ0n) is 25.5. The number of hydrogen-bond donors (Lipinski definition) is 2. The van der Waals surface area contributed by atoms with Gasteiger partial charge in [-0.25, -0.2) is 9.59 Å². The van der Waals surface area contributed by atoms with Crippen molar-refractivity contribution in [2.45, 2.75) is 155 Å². The molecule has 2 N–H and O–H groups in total. The molecular weight excluding hydrogens is 520 g/mol. The molecule has 38 heavy (non-hydrogen) atoms. The summed E-state index contributed by atoms with van der Waals surface area (Å²) in [6.07, 6.45) is 14.1. The summed E-state index contributed by atoms with van der Waals surface area (Å²) < 4.78 is 10.9. The molecule has 9 heteroatoms. The molecule has 0 heterocycles.